The van der Waals surface area contributed by atoms with Crippen LogP contribution in [-0.4, -0.2) is 17.5 Å². The molecule has 1 heterocycles. The molecule has 0 radical (unpaired) electrons. The third-order valence-corrected chi connectivity index (χ3v) is 3.28. The molecule has 0 saturated heterocycles. The molecule has 0 aliphatic carbocycles. The summed E-state index contributed by atoms with van der Waals surface area (Å²) < 4.78 is 0. The molecule has 1 aromatic carbocycles. The molecule has 1 atom stereocenters. The Labute approximate surface area is 92.1 Å². The summed E-state index contributed by atoms with van der Waals surface area (Å²) in [5, 5.41) is 0. The molecule has 2 N–H and O–H groups in total. The lowest BCUT2D eigenvalue weighted by atomic mass is 10.1. The smallest absolute Gasteiger partial charge is 0.0244 e. The zero-order valence-electron chi connectivity index (χ0n) is 9.45. The Morgan fingerprint density at radius 2 is 1.87 bits per heavy atom. The van der Waals surface area contributed by atoms with Crippen LogP contribution >= 0.6 is 0 Å². The molecule has 0 amide bonds. The molecular weight excluding hydrogens is 184 g/mol. The molecule has 2 nitrogen and oxygen atoms in total. The minimum absolute atomic E-state index is 0.558. The minimum Gasteiger partial charge on any atom is -0.329 e. The zero-order valence-corrected chi connectivity index (χ0v) is 9.45. The lowest BCUT2D eigenvalue weighted by Crippen LogP contribution is -2.36. The van der Waals surface area contributed by atoms with Crippen LogP contribution in [-0.2, 0) is 13.1 Å². The second-order valence-corrected chi connectivity index (χ2v) is 4.35. The average Bonchev–Trinajstić information content (AvgIpc) is 2.69. The highest BCUT2D eigenvalue weighted by Crippen LogP contribution is 2.25. The van der Waals surface area contributed by atoms with Crippen LogP contribution in [0.4, 0.5) is 0 Å². The fraction of sp³-hybridized carbons (Fsp3) is 0.538. The predicted molar refractivity (Wildman–Crippen MR) is 63.4 cm³/mol. The van der Waals surface area contributed by atoms with E-state index in [1.54, 1.807) is 0 Å². The summed E-state index contributed by atoms with van der Waals surface area (Å²) in [5.74, 6) is 0. The van der Waals surface area contributed by atoms with Crippen molar-refractivity contribution < 1.29 is 0 Å². The molecule has 0 fully saturated rings. The largest absolute Gasteiger partial charge is 0.329 e. The summed E-state index contributed by atoms with van der Waals surface area (Å²) in [4.78, 5) is 2.51. The van der Waals surface area contributed by atoms with Gasteiger partial charge >= 0.3 is 0 Å². The van der Waals surface area contributed by atoms with Gasteiger partial charge in [0, 0.05) is 25.7 Å². The van der Waals surface area contributed by atoms with Crippen LogP contribution in [0.3, 0.4) is 0 Å². The molecule has 2 heteroatoms. The molecule has 0 saturated carbocycles. The normalized spacial score (nSPS) is 17.7. The molecule has 0 spiro atoms. The maximum Gasteiger partial charge on any atom is 0.0244 e. The van der Waals surface area contributed by atoms with Gasteiger partial charge in [0.15, 0.2) is 0 Å². The second kappa shape index (κ2) is 4.77. The van der Waals surface area contributed by atoms with Crippen LogP contribution < -0.4 is 5.73 Å². The van der Waals surface area contributed by atoms with E-state index >= 15 is 0 Å². The molecule has 0 aromatic heterocycles. The van der Waals surface area contributed by atoms with E-state index in [2.05, 4.69) is 36.1 Å². The number of nitrogens with zero attached hydrogens (tertiary/aromatic N) is 1. The van der Waals surface area contributed by atoms with Crippen LogP contribution in [0.2, 0.25) is 0 Å². The Bertz CT molecular complexity index is 297. The number of rotatable bonds is 4. The van der Waals surface area contributed by atoms with E-state index in [0.717, 1.165) is 19.6 Å². The predicted octanol–water partition coefficient (Wildman–Crippen LogP) is 2.13. The van der Waals surface area contributed by atoms with Gasteiger partial charge in [-0.1, -0.05) is 37.6 Å². The first-order valence-electron chi connectivity index (χ1n) is 5.86. The van der Waals surface area contributed by atoms with Gasteiger partial charge in [-0.25, -0.2) is 0 Å². The molecule has 15 heavy (non-hydrogen) atoms. The van der Waals surface area contributed by atoms with Gasteiger partial charge in [-0.15, -0.1) is 0 Å². The molecule has 1 aliphatic heterocycles. The van der Waals surface area contributed by atoms with E-state index in [1.807, 2.05) is 0 Å². The number of fused-ring (bicyclic) bond motifs is 1. The van der Waals surface area contributed by atoms with Crippen LogP contribution in [0.5, 0.6) is 0 Å². The first-order valence-corrected chi connectivity index (χ1v) is 5.86. The fourth-order valence-corrected chi connectivity index (χ4v) is 2.40. The summed E-state index contributed by atoms with van der Waals surface area (Å²) in [5.41, 5.74) is 8.79. The Morgan fingerprint density at radius 3 is 2.33 bits per heavy atom. The van der Waals surface area contributed by atoms with E-state index in [-0.39, 0.29) is 0 Å². The van der Waals surface area contributed by atoms with Crippen molar-refractivity contribution in [2.24, 2.45) is 5.73 Å². The van der Waals surface area contributed by atoms with Crippen molar-refractivity contribution in [2.45, 2.75) is 38.9 Å². The first-order chi connectivity index (χ1) is 7.35. The molecule has 1 aliphatic rings. The minimum atomic E-state index is 0.558. The van der Waals surface area contributed by atoms with Crippen molar-refractivity contribution in [3.63, 3.8) is 0 Å². The van der Waals surface area contributed by atoms with Crippen LogP contribution in [0.25, 0.3) is 0 Å². The second-order valence-electron chi connectivity index (χ2n) is 4.35. The van der Waals surface area contributed by atoms with Gasteiger partial charge in [0.1, 0.15) is 0 Å². The number of hydrogen-bond donors (Lipinski definition) is 1. The highest BCUT2D eigenvalue weighted by molar-refractivity contribution is 5.30. The Hall–Kier alpha value is -0.860. The standard InChI is InChI=1S/C13H20N2/c1-2-5-13(8-14)15-9-11-6-3-4-7-12(11)10-15/h3-4,6-7,13H,2,5,8-10,14H2,1H3. The highest BCUT2D eigenvalue weighted by Gasteiger charge is 2.23. The van der Waals surface area contributed by atoms with Gasteiger partial charge in [0.25, 0.3) is 0 Å². The van der Waals surface area contributed by atoms with E-state index in [1.165, 1.54) is 24.0 Å². The van der Waals surface area contributed by atoms with Gasteiger partial charge in [-0.05, 0) is 17.5 Å². The van der Waals surface area contributed by atoms with E-state index in [4.69, 9.17) is 5.73 Å². The van der Waals surface area contributed by atoms with E-state index < -0.39 is 0 Å². The monoisotopic (exact) mass is 204 g/mol. The molecule has 2 rings (SSSR count). The topological polar surface area (TPSA) is 29.3 Å². The summed E-state index contributed by atoms with van der Waals surface area (Å²) in [6.07, 6.45) is 2.43. The van der Waals surface area contributed by atoms with Gasteiger partial charge in [-0.3, -0.25) is 4.90 Å². The van der Waals surface area contributed by atoms with Crippen molar-refractivity contribution >= 4 is 0 Å². The third-order valence-electron chi connectivity index (χ3n) is 3.28. The molecule has 1 aromatic rings. The maximum absolute atomic E-state index is 5.83. The highest BCUT2D eigenvalue weighted by atomic mass is 15.2. The third kappa shape index (κ3) is 2.21. The summed E-state index contributed by atoms with van der Waals surface area (Å²) in [6.45, 7) is 5.17. The van der Waals surface area contributed by atoms with Crippen LogP contribution in [0, 0.1) is 0 Å². The van der Waals surface area contributed by atoms with Gasteiger partial charge < -0.3 is 5.73 Å². The van der Waals surface area contributed by atoms with E-state index in [0.29, 0.717) is 6.04 Å². The average molecular weight is 204 g/mol. The van der Waals surface area contributed by atoms with Gasteiger partial charge in [-0.2, -0.15) is 0 Å². The Kier molecular flexibility index (Phi) is 3.39. The molecule has 0 bridgehead atoms. The van der Waals surface area contributed by atoms with Crippen molar-refractivity contribution in [3.05, 3.63) is 35.4 Å². The quantitative estimate of drug-likeness (QED) is 0.814. The van der Waals surface area contributed by atoms with Gasteiger partial charge in [0.05, 0.1) is 0 Å². The summed E-state index contributed by atoms with van der Waals surface area (Å²) in [6, 6.07) is 9.27. The molecular formula is C13H20N2. The van der Waals surface area contributed by atoms with Crippen LogP contribution in [0.1, 0.15) is 30.9 Å². The summed E-state index contributed by atoms with van der Waals surface area (Å²) >= 11 is 0. The lowest BCUT2D eigenvalue weighted by molar-refractivity contribution is 0.192. The lowest BCUT2D eigenvalue weighted by Gasteiger charge is -2.25. The van der Waals surface area contributed by atoms with Crippen molar-refractivity contribution in [2.75, 3.05) is 6.54 Å². The SMILES string of the molecule is CCCC(CN)N1Cc2ccccc2C1. The Balaban J connectivity index is 2.05. The fourth-order valence-electron chi connectivity index (χ4n) is 2.40. The Morgan fingerprint density at radius 1 is 1.27 bits per heavy atom. The van der Waals surface area contributed by atoms with E-state index in [9.17, 15) is 0 Å². The van der Waals surface area contributed by atoms with Crippen LogP contribution in [0.15, 0.2) is 24.3 Å². The van der Waals surface area contributed by atoms with Crippen molar-refractivity contribution in [1.29, 1.82) is 0 Å². The summed E-state index contributed by atoms with van der Waals surface area (Å²) in [7, 11) is 0. The first kappa shape index (κ1) is 10.7. The van der Waals surface area contributed by atoms with Gasteiger partial charge in [0.2, 0.25) is 0 Å². The zero-order chi connectivity index (χ0) is 10.7. The number of nitrogens with two attached hydrogens (primary N) is 1. The number of hydrogen-bond acceptors (Lipinski definition) is 2. The van der Waals surface area contributed by atoms with Crippen molar-refractivity contribution in [3.8, 4) is 0 Å². The van der Waals surface area contributed by atoms with Crippen molar-refractivity contribution in [1.82, 2.24) is 4.90 Å². The number of benzene rings is 1. The molecule has 82 valence electrons. The molecule has 1 unspecified atom stereocenters. The maximum atomic E-state index is 5.83.